The first-order chi connectivity index (χ1) is 8.19. The summed E-state index contributed by atoms with van der Waals surface area (Å²) in [6.07, 6.45) is 7.97. The molecule has 1 aliphatic carbocycles. The van der Waals surface area contributed by atoms with E-state index in [0.29, 0.717) is 16.8 Å². The van der Waals surface area contributed by atoms with Crippen LogP contribution in [0.2, 0.25) is 5.02 Å². The number of nitrogen functional groups attached to an aromatic ring is 1. The van der Waals surface area contributed by atoms with Gasteiger partial charge in [0.1, 0.15) is 5.82 Å². The smallest absolute Gasteiger partial charge is 0.149 e. The second-order valence-electron chi connectivity index (χ2n) is 4.86. The van der Waals surface area contributed by atoms with Crippen molar-refractivity contribution in [3.63, 3.8) is 0 Å². The topological polar surface area (TPSA) is 50.9 Å². The van der Waals surface area contributed by atoms with Gasteiger partial charge in [0.05, 0.1) is 10.7 Å². The first kappa shape index (κ1) is 12.5. The highest BCUT2D eigenvalue weighted by Gasteiger charge is 2.20. The molecule has 1 aromatic heterocycles. The number of rotatable bonds is 3. The molecule has 1 fully saturated rings. The second-order valence-corrected chi connectivity index (χ2v) is 5.30. The number of nitrogens with two attached hydrogens (primary N) is 1. The van der Waals surface area contributed by atoms with Gasteiger partial charge in [-0.25, -0.2) is 4.98 Å². The van der Waals surface area contributed by atoms with Crippen LogP contribution < -0.4 is 11.1 Å². The molecule has 0 spiro atoms. The average molecular weight is 254 g/mol. The Kier molecular flexibility index (Phi) is 4.11. The standard InChI is InChI=1S/C13H20ClN3/c1-2-9-3-5-11(6-4-9)17-13-12(15)7-10(14)8-16-13/h7-9,11H,2-6,15H2,1H3,(H,16,17). The molecule has 94 valence electrons. The molecule has 0 aromatic carbocycles. The zero-order valence-electron chi connectivity index (χ0n) is 10.2. The maximum atomic E-state index is 5.88. The largest absolute Gasteiger partial charge is 0.396 e. The van der Waals surface area contributed by atoms with Crippen LogP contribution in [-0.2, 0) is 0 Å². The lowest BCUT2D eigenvalue weighted by Gasteiger charge is -2.29. The maximum Gasteiger partial charge on any atom is 0.149 e. The van der Waals surface area contributed by atoms with Gasteiger partial charge < -0.3 is 11.1 Å². The predicted molar refractivity (Wildman–Crippen MR) is 73.3 cm³/mol. The fourth-order valence-electron chi connectivity index (χ4n) is 2.48. The SMILES string of the molecule is CCC1CCC(Nc2ncc(Cl)cc2N)CC1. The van der Waals surface area contributed by atoms with Gasteiger partial charge in [0.15, 0.2) is 0 Å². The van der Waals surface area contributed by atoms with E-state index in [1.54, 1.807) is 12.3 Å². The molecule has 3 nitrogen and oxygen atoms in total. The monoisotopic (exact) mass is 253 g/mol. The third-order valence-corrected chi connectivity index (χ3v) is 3.86. The van der Waals surface area contributed by atoms with Crippen molar-refractivity contribution >= 4 is 23.1 Å². The first-order valence-corrected chi connectivity index (χ1v) is 6.74. The lowest BCUT2D eigenvalue weighted by Crippen LogP contribution is -2.26. The van der Waals surface area contributed by atoms with Crippen molar-refractivity contribution in [2.45, 2.75) is 45.1 Å². The summed E-state index contributed by atoms with van der Waals surface area (Å²) in [7, 11) is 0. The fourth-order valence-corrected chi connectivity index (χ4v) is 2.65. The number of nitrogens with zero attached hydrogens (tertiary/aromatic N) is 1. The zero-order chi connectivity index (χ0) is 12.3. The summed E-state index contributed by atoms with van der Waals surface area (Å²) in [5.41, 5.74) is 6.52. The Balaban J connectivity index is 1.93. The van der Waals surface area contributed by atoms with Gasteiger partial charge in [-0.3, -0.25) is 0 Å². The molecule has 0 radical (unpaired) electrons. The number of aromatic nitrogens is 1. The van der Waals surface area contributed by atoms with Crippen LogP contribution in [0.15, 0.2) is 12.3 Å². The third kappa shape index (κ3) is 3.25. The third-order valence-electron chi connectivity index (χ3n) is 3.65. The van der Waals surface area contributed by atoms with E-state index < -0.39 is 0 Å². The fraction of sp³-hybridized carbons (Fsp3) is 0.615. The van der Waals surface area contributed by atoms with Crippen molar-refractivity contribution in [1.82, 2.24) is 4.98 Å². The van der Waals surface area contributed by atoms with Gasteiger partial charge in [-0.05, 0) is 37.7 Å². The lowest BCUT2D eigenvalue weighted by molar-refractivity contribution is 0.330. The van der Waals surface area contributed by atoms with Crippen LogP contribution in [0.4, 0.5) is 11.5 Å². The molecule has 1 heterocycles. The van der Waals surface area contributed by atoms with Crippen LogP contribution in [0.3, 0.4) is 0 Å². The maximum absolute atomic E-state index is 5.88. The number of halogens is 1. The minimum atomic E-state index is 0.508. The highest BCUT2D eigenvalue weighted by molar-refractivity contribution is 6.30. The Labute approximate surface area is 108 Å². The Morgan fingerprint density at radius 2 is 2.12 bits per heavy atom. The normalized spacial score (nSPS) is 24.6. The Morgan fingerprint density at radius 1 is 1.41 bits per heavy atom. The van der Waals surface area contributed by atoms with Gasteiger partial charge in [-0.2, -0.15) is 0 Å². The van der Waals surface area contributed by atoms with Gasteiger partial charge >= 0.3 is 0 Å². The number of nitrogens with one attached hydrogen (secondary N) is 1. The van der Waals surface area contributed by atoms with E-state index in [1.807, 2.05) is 0 Å². The van der Waals surface area contributed by atoms with E-state index in [0.717, 1.165) is 11.7 Å². The number of hydrogen-bond donors (Lipinski definition) is 2. The van der Waals surface area contributed by atoms with E-state index in [2.05, 4.69) is 17.2 Å². The molecular formula is C13H20ClN3. The summed E-state index contributed by atoms with van der Waals surface area (Å²) in [5, 5.41) is 4.01. The molecule has 0 aliphatic heterocycles. The van der Waals surface area contributed by atoms with Crippen LogP contribution in [0.25, 0.3) is 0 Å². The molecule has 0 atom stereocenters. The molecule has 0 bridgehead atoms. The molecule has 2 rings (SSSR count). The highest BCUT2D eigenvalue weighted by Crippen LogP contribution is 2.29. The Hall–Kier alpha value is -0.960. The molecular weight excluding hydrogens is 234 g/mol. The van der Waals surface area contributed by atoms with E-state index in [1.165, 1.54) is 32.1 Å². The van der Waals surface area contributed by atoms with Gasteiger partial charge in [0.2, 0.25) is 0 Å². The predicted octanol–water partition coefficient (Wildman–Crippen LogP) is 3.70. The van der Waals surface area contributed by atoms with Crippen LogP contribution in [0.1, 0.15) is 39.0 Å². The summed E-state index contributed by atoms with van der Waals surface area (Å²) in [4.78, 5) is 4.24. The molecule has 4 heteroatoms. The summed E-state index contributed by atoms with van der Waals surface area (Å²) < 4.78 is 0. The zero-order valence-corrected chi connectivity index (χ0v) is 11.0. The highest BCUT2D eigenvalue weighted by atomic mass is 35.5. The molecule has 17 heavy (non-hydrogen) atoms. The number of anilines is 2. The Morgan fingerprint density at radius 3 is 2.71 bits per heavy atom. The van der Waals surface area contributed by atoms with Crippen LogP contribution in [0, 0.1) is 5.92 Å². The van der Waals surface area contributed by atoms with Crippen molar-refractivity contribution < 1.29 is 0 Å². The second kappa shape index (κ2) is 5.58. The summed E-state index contributed by atoms with van der Waals surface area (Å²) in [6.45, 7) is 2.27. The van der Waals surface area contributed by atoms with Gasteiger partial charge in [-0.15, -0.1) is 0 Å². The summed E-state index contributed by atoms with van der Waals surface area (Å²) in [5.74, 6) is 1.68. The minimum absolute atomic E-state index is 0.508. The lowest BCUT2D eigenvalue weighted by atomic mass is 9.84. The average Bonchev–Trinajstić information content (AvgIpc) is 2.34. The molecule has 0 saturated heterocycles. The molecule has 0 unspecified atom stereocenters. The van der Waals surface area contributed by atoms with E-state index in [9.17, 15) is 0 Å². The van der Waals surface area contributed by atoms with Crippen molar-refractivity contribution in [2.75, 3.05) is 11.1 Å². The van der Waals surface area contributed by atoms with Gasteiger partial charge in [0.25, 0.3) is 0 Å². The summed E-state index contributed by atoms with van der Waals surface area (Å²) in [6, 6.07) is 2.25. The van der Waals surface area contributed by atoms with Crippen LogP contribution in [-0.4, -0.2) is 11.0 Å². The minimum Gasteiger partial charge on any atom is -0.396 e. The van der Waals surface area contributed by atoms with E-state index in [4.69, 9.17) is 17.3 Å². The molecule has 0 amide bonds. The molecule has 1 saturated carbocycles. The molecule has 1 aromatic rings. The van der Waals surface area contributed by atoms with Crippen LogP contribution in [0.5, 0.6) is 0 Å². The molecule has 1 aliphatic rings. The van der Waals surface area contributed by atoms with Gasteiger partial charge in [0, 0.05) is 12.2 Å². The van der Waals surface area contributed by atoms with Gasteiger partial charge in [-0.1, -0.05) is 24.9 Å². The van der Waals surface area contributed by atoms with Crippen molar-refractivity contribution in [2.24, 2.45) is 5.92 Å². The van der Waals surface area contributed by atoms with E-state index >= 15 is 0 Å². The van der Waals surface area contributed by atoms with Crippen molar-refractivity contribution in [3.05, 3.63) is 17.3 Å². The van der Waals surface area contributed by atoms with Crippen molar-refractivity contribution in [3.8, 4) is 0 Å². The molecule has 3 N–H and O–H groups in total. The Bertz CT molecular complexity index is 373. The van der Waals surface area contributed by atoms with Crippen molar-refractivity contribution in [1.29, 1.82) is 0 Å². The van der Waals surface area contributed by atoms with E-state index in [-0.39, 0.29) is 0 Å². The van der Waals surface area contributed by atoms with Crippen LogP contribution >= 0.6 is 11.6 Å². The number of hydrogen-bond acceptors (Lipinski definition) is 3. The first-order valence-electron chi connectivity index (χ1n) is 6.36. The number of pyridine rings is 1. The summed E-state index contributed by atoms with van der Waals surface area (Å²) >= 11 is 5.83. The quantitative estimate of drug-likeness (QED) is 0.864.